The first kappa shape index (κ1) is 19.1. The molecule has 6 nitrogen and oxygen atoms in total. The number of carboxylic acids is 1. The first-order valence-electron chi connectivity index (χ1n) is 8.70. The van der Waals surface area contributed by atoms with E-state index in [2.05, 4.69) is 4.90 Å². The number of carboxylic acid groups (broad SMARTS) is 1. The lowest BCUT2D eigenvalue weighted by atomic mass is 10.2. The lowest BCUT2D eigenvalue weighted by molar-refractivity contribution is -0.128. The lowest BCUT2D eigenvalue weighted by Crippen LogP contribution is -2.49. The summed E-state index contributed by atoms with van der Waals surface area (Å²) in [6.45, 7) is 2.86. The van der Waals surface area contributed by atoms with Gasteiger partial charge in [0.1, 0.15) is 5.75 Å². The van der Waals surface area contributed by atoms with Crippen molar-refractivity contribution >= 4 is 29.3 Å². The summed E-state index contributed by atoms with van der Waals surface area (Å²) in [4.78, 5) is 28.5. The number of hydrogen-bond acceptors (Lipinski definition) is 5. The number of rotatable bonds is 6. The van der Waals surface area contributed by atoms with Crippen LogP contribution in [-0.2, 0) is 4.79 Å². The first-order valence-corrected chi connectivity index (χ1v) is 9.69. The summed E-state index contributed by atoms with van der Waals surface area (Å²) in [5.74, 6) is 0.131. The summed E-state index contributed by atoms with van der Waals surface area (Å²) < 4.78 is 5.18. The summed E-state index contributed by atoms with van der Waals surface area (Å²) in [5.41, 5.74) is 1.35. The minimum Gasteiger partial charge on any atom is -0.497 e. The molecule has 0 bridgehead atoms. The maximum absolute atomic E-state index is 12.5. The molecule has 1 aliphatic rings. The molecule has 0 atom stereocenters. The molecule has 1 heterocycles. The fraction of sp³-hybridized carbons (Fsp3) is 0.300. The quantitative estimate of drug-likeness (QED) is 0.770. The molecule has 1 aliphatic heterocycles. The van der Waals surface area contributed by atoms with Crippen molar-refractivity contribution < 1.29 is 19.4 Å². The second-order valence-electron chi connectivity index (χ2n) is 6.16. The molecule has 27 heavy (non-hydrogen) atoms. The zero-order valence-electron chi connectivity index (χ0n) is 15.1. The van der Waals surface area contributed by atoms with E-state index < -0.39 is 5.97 Å². The van der Waals surface area contributed by atoms with Crippen LogP contribution < -0.4 is 9.64 Å². The Morgan fingerprint density at radius 1 is 1.04 bits per heavy atom. The van der Waals surface area contributed by atoms with Gasteiger partial charge in [-0.25, -0.2) is 4.79 Å². The molecule has 3 rings (SSSR count). The molecule has 1 saturated heterocycles. The van der Waals surface area contributed by atoms with Gasteiger partial charge in [-0.2, -0.15) is 0 Å². The third-order valence-corrected chi connectivity index (χ3v) is 5.60. The van der Waals surface area contributed by atoms with Gasteiger partial charge in [0.05, 0.1) is 18.4 Å². The molecule has 1 fully saturated rings. The summed E-state index contributed by atoms with van der Waals surface area (Å²) >= 11 is 1.28. The molecule has 0 unspecified atom stereocenters. The summed E-state index contributed by atoms with van der Waals surface area (Å²) in [6.07, 6.45) is 0. The van der Waals surface area contributed by atoms with E-state index in [-0.39, 0.29) is 17.2 Å². The van der Waals surface area contributed by atoms with E-state index in [1.165, 1.54) is 11.8 Å². The summed E-state index contributed by atoms with van der Waals surface area (Å²) in [7, 11) is 1.65. The Bertz CT molecular complexity index is 802. The van der Waals surface area contributed by atoms with E-state index in [0.29, 0.717) is 18.0 Å². The largest absolute Gasteiger partial charge is 0.497 e. The van der Waals surface area contributed by atoms with Crippen molar-refractivity contribution in [1.82, 2.24) is 4.90 Å². The van der Waals surface area contributed by atoms with Crippen molar-refractivity contribution in [2.75, 3.05) is 43.9 Å². The van der Waals surface area contributed by atoms with Crippen LogP contribution in [0.3, 0.4) is 0 Å². The number of benzene rings is 2. The highest BCUT2D eigenvalue weighted by Crippen LogP contribution is 2.24. The van der Waals surface area contributed by atoms with Crippen molar-refractivity contribution in [2.24, 2.45) is 0 Å². The first-order chi connectivity index (χ1) is 13.1. The molecular weight excluding hydrogens is 364 g/mol. The monoisotopic (exact) mass is 386 g/mol. The molecule has 1 amide bonds. The van der Waals surface area contributed by atoms with E-state index in [0.717, 1.165) is 24.5 Å². The normalized spacial score (nSPS) is 14.1. The van der Waals surface area contributed by atoms with Gasteiger partial charge in [-0.3, -0.25) is 4.79 Å². The van der Waals surface area contributed by atoms with E-state index in [1.54, 1.807) is 31.4 Å². The Morgan fingerprint density at radius 2 is 1.70 bits per heavy atom. The van der Waals surface area contributed by atoms with Crippen LogP contribution in [0.15, 0.2) is 53.4 Å². The highest BCUT2D eigenvalue weighted by atomic mass is 32.2. The lowest BCUT2D eigenvalue weighted by Gasteiger charge is -2.36. The van der Waals surface area contributed by atoms with E-state index in [4.69, 9.17) is 4.74 Å². The molecule has 1 N–H and O–H groups in total. The van der Waals surface area contributed by atoms with Gasteiger partial charge in [0.2, 0.25) is 5.91 Å². The second-order valence-corrected chi connectivity index (χ2v) is 7.17. The predicted molar refractivity (Wildman–Crippen MR) is 106 cm³/mol. The van der Waals surface area contributed by atoms with Crippen molar-refractivity contribution in [2.45, 2.75) is 4.90 Å². The molecule has 2 aromatic rings. The number of nitrogens with zero attached hydrogens (tertiary/aromatic N) is 2. The van der Waals surface area contributed by atoms with Gasteiger partial charge >= 0.3 is 5.97 Å². The maximum Gasteiger partial charge on any atom is 0.336 e. The van der Waals surface area contributed by atoms with Crippen LogP contribution in [0.25, 0.3) is 0 Å². The standard InChI is InChI=1S/C20H22N2O4S/c1-26-16-8-6-15(7-9-16)21-10-12-22(13-11-21)19(23)14-27-18-5-3-2-4-17(18)20(24)25/h2-9H,10-14H2,1H3,(H,24,25). The maximum atomic E-state index is 12.5. The zero-order chi connectivity index (χ0) is 19.2. The molecule has 0 saturated carbocycles. The van der Waals surface area contributed by atoms with Crippen molar-refractivity contribution in [3.63, 3.8) is 0 Å². The fourth-order valence-corrected chi connectivity index (χ4v) is 3.95. The van der Waals surface area contributed by atoms with Crippen molar-refractivity contribution in [3.05, 3.63) is 54.1 Å². The van der Waals surface area contributed by atoms with Gasteiger partial charge in [-0.1, -0.05) is 12.1 Å². The number of carbonyl (C=O) groups excluding carboxylic acids is 1. The molecule has 0 spiro atoms. The number of anilines is 1. The number of carbonyl (C=O) groups is 2. The molecule has 0 radical (unpaired) electrons. The van der Waals surface area contributed by atoms with Crippen LogP contribution in [0.2, 0.25) is 0 Å². The number of aromatic carboxylic acids is 1. The average molecular weight is 386 g/mol. The molecule has 2 aromatic carbocycles. The smallest absolute Gasteiger partial charge is 0.336 e. The second kappa shape index (κ2) is 8.81. The molecule has 7 heteroatoms. The van der Waals surface area contributed by atoms with Gasteiger partial charge in [-0.05, 0) is 36.4 Å². The van der Waals surface area contributed by atoms with Gasteiger partial charge in [0.15, 0.2) is 0 Å². The zero-order valence-corrected chi connectivity index (χ0v) is 15.9. The van der Waals surface area contributed by atoms with Gasteiger partial charge in [-0.15, -0.1) is 11.8 Å². The summed E-state index contributed by atoms with van der Waals surface area (Å²) in [5, 5.41) is 9.23. The van der Waals surface area contributed by atoms with Crippen molar-refractivity contribution in [1.29, 1.82) is 0 Å². The third-order valence-electron chi connectivity index (χ3n) is 4.54. The third kappa shape index (κ3) is 4.74. The Kier molecular flexibility index (Phi) is 6.24. The minimum absolute atomic E-state index is 0.0366. The van der Waals surface area contributed by atoms with Crippen molar-refractivity contribution in [3.8, 4) is 5.75 Å². The number of hydrogen-bond donors (Lipinski definition) is 1. The van der Waals surface area contributed by atoms with Crippen LogP contribution in [0.4, 0.5) is 5.69 Å². The molecular formula is C20H22N2O4S. The van der Waals surface area contributed by atoms with Crippen LogP contribution in [0.1, 0.15) is 10.4 Å². The number of methoxy groups -OCH3 is 1. The minimum atomic E-state index is -0.973. The van der Waals surface area contributed by atoms with E-state index in [1.807, 2.05) is 29.2 Å². The average Bonchev–Trinajstić information content (AvgIpc) is 2.72. The van der Waals surface area contributed by atoms with E-state index >= 15 is 0 Å². The topological polar surface area (TPSA) is 70.1 Å². The number of thioether (sulfide) groups is 1. The molecule has 142 valence electrons. The van der Waals surface area contributed by atoms with Crippen LogP contribution in [0.5, 0.6) is 5.75 Å². The van der Waals surface area contributed by atoms with Crippen LogP contribution in [-0.4, -0.2) is 60.9 Å². The summed E-state index contributed by atoms with van der Waals surface area (Å²) in [6, 6.07) is 14.7. The number of ether oxygens (including phenoxy) is 1. The predicted octanol–water partition coefficient (Wildman–Crippen LogP) is 2.83. The van der Waals surface area contributed by atoms with Gasteiger partial charge in [0.25, 0.3) is 0 Å². The van der Waals surface area contributed by atoms with Crippen LogP contribution >= 0.6 is 11.8 Å². The highest BCUT2D eigenvalue weighted by Gasteiger charge is 2.22. The SMILES string of the molecule is COc1ccc(N2CCN(C(=O)CSc3ccccc3C(=O)O)CC2)cc1. The molecule has 0 aliphatic carbocycles. The Morgan fingerprint density at radius 3 is 2.33 bits per heavy atom. The van der Waals surface area contributed by atoms with Gasteiger partial charge in [0, 0.05) is 36.8 Å². The molecule has 0 aromatic heterocycles. The van der Waals surface area contributed by atoms with Crippen LogP contribution in [0, 0.1) is 0 Å². The fourth-order valence-electron chi connectivity index (χ4n) is 3.01. The van der Waals surface area contributed by atoms with Gasteiger partial charge < -0.3 is 19.6 Å². The Labute approximate surface area is 162 Å². The highest BCUT2D eigenvalue weighted by molar-refractivity contribution is 8.00. The Hall–Kier alpha value is -2.67. The van der Waals surface area contributed by atoms with E-state index in [9.17, 15) is 14.7 Å². The number of amides is 1. The number of piperazine rings is 1. The Balaban J connectivity index is 1.52.